The van der Waals surface area contributed by atoms with Gasteiger partial charge in [0.15, 0.2) is 29.0 Å². The lowest BCUT2D eigenvalue weighted by Gasteiger charge is -2.15. The Morgan fingerprint density at radius 2 is 1.66 bits per heavy atom. The first-order valence-electron chi connectivity index (χ1n) is 10.2. The van der Waals surface area contributed by atoms with Crippen LogP contribution in [-0.2, 0) is 11.3 Å². The SMILES string of the molecule is OC[C@H]1O[C@@H](n2nnc3c(NCc4ccccc4)nc(-c4ccccc4)nc32)[C@H](O)[C@@H]1O. The number of fused-ring (bicyclic) bond motifs is 1. The van der Waals surface area contributed by atoms with Crippen molar-refractivity contribution in [3.8, 4) is 11.4 Å². The van der Waals surface area contributed by atoms with Crippen LogP contribution in [0.1, 0.15) is 11.8 Å². The van der Waals surface area contributed by atoms with Gasteiger partial charge in [-0.05, 0) is 5.56 Å². The minimum absolute atomic E-state index is 0.337. The molecule has 3 heterocycles. The Hall–Kier alpha value is -3.44. The monoisotopic (exact) mass is 434 g/mol. The molecule has 0 radical (unpaired) electrons. The molecule has 1 fully saturated rings. The van der Waals surface area contributed by atoms with E-state index in [4.69, 9.17) is 4.74 Å². The average Bonchev–Trinajstić information content (AvgIpc) is 3.39. The standard InChI is InChI=1S/C22H22N6O4/c29-12-15-17(30)18(31)22(32-15)28-21-16(26-27-28)20(23-11-13-7-3-1-4-8-13)24-19(25-21)14-9-5-2-6-10-14/h1-10,15,17-18,22,29-31H,11-12H2,(H,23,24,25)/t15-,17-,18-,22-/m1/s1. The first-order chi connectivity index (χ1) is 15.7. The van der Waals surface area contributed by atoms with Gasteiger partial charge in [0.2, 0.25) is 0 Å². The highest BCUT2D eigenvalue weighted by Gasteiger charge is 2.44. The predicted octanol–water partition coefficient (Wildman–Crippen LogP) is 1.11. The number of benzene rings is 2. The quantitative estimate of drug-likeness (QED) is 0.351. The Bertz CT molecular complexity index is 1200. The van der Waals surface area contributed by atoms with E-state index in [1.54, 1.807) is 0 Å². The molecule has 1 aliphatic heterocycles. The van der Waals surface area contributed by atoms with Crippen LogP contribution in [0.3, 0.4) is 0 Å². The highest BCUT2D eigenvalue weighted by molar-refractivity contribution is 5.84. The van der Waals surface area contributed by atoms with Crippen LogP contribution in [0.4, 0.5) is 5.82 Å². The van der Waals surface area contributed by atoms with E-state index in [0.717, 1.165) is 11.1 Å². The first-order valence-corrected chi connectivity index (χ1v) is 10.2. The molecule has 1 saturated heterocycles. The molecule has 0 amide bonds. The zero-order valence-corrected chi connectivity index (χ0v) is 17.0. The molecule has 2 aromatic carbocycles. The van der Waals surface area contributed by atoms with Crippen LogP contribution in [0.25, 0.3) is 22.6 Å². The molecule has 0 aliphatic carbocycles. The van der Waals surface area contributed by atoms with Crippen LogP contribution in [0, 0.1) is 0 Å². The van der Waals surface area contributed by atoms with E-state index < -0.39 is 31.1 Å². The summed E-state index contributed by atoms with van der Waals surface area (Å²) in [5, 5.41) is 41.7. The van der Waals surface area contributed by atoms with Gasteiger partial charge in [-0.3, -0.25) is 0 Å². The number of hydrogen-bond acceptors (Lipinski definition) is 9. The molecule has 4 aromatic rings. The lowest BCUT2D eigenvalue weighted by atomic mass is 10.1. The zero-order chi connectivity index (χ0) is 22.1. The first kappa shape index (κ1) is 20.5. The number of nitrogens with one attached hydrogen (secondary N) is 1. The number of nitrogens with zero attached hydrogens (tertiary/aromatic N) is 5. The summed E-state index contributed by atoms with van der Waals surface area (Å²) in [4.78, 5) is 9.29. The molecule has 1 aliphatic rings. The maximum atomic E-state index is 10.5. The molecule has 10 heteroatoms. The second-order valence-electron chi connectivity index (χ2n) is 7.54. The summed E-state index contributed by atoms with van der Waals surface area (Å²) >= 11 is 0. The number of aliphatic hydroxyl groups is 3. The van der Waals surface area contributed by atoms with E-state index >= 15 is 0 Å². The van der Waals surface area contributed by atoms with Gasteiger partial charge >= 0.3 is 0 Å². The van der Waals surface area contributed by atoms with Crippen LogP contribution in [0.15, 0.2) is 60.7 Å². The fraction of sp³-hybridized carbons (Fsp3) is 0.273. The van der Waals surface area contributed by atoms with Crippen molar-refractivity contribution in [1.29, 1.82) is 0 Å². The molecular formula is C22H22N6O4. The van der Waals surface area contributed by atoms with Gasteiger partial charge in [-0.1, -0.05) is 65.9 Å². The van der Waals surface area contributed by atoms with Gasteiger partial charge in [-0.25, -0.2) is 9.97 Å². The second kappa shape index (κ2) is 8.60. The molecule has 164 valence electrons. The molecule has 0 spiro atoms. The van der Waals surface area contributed by atoms with Gasteiger partial charge < -0.3 is 25.4 Å². The topological polar surface area (TPSA) is 138 Å². The maximum absolute atomic E-state index is 10.5. The lowest BCUT2D eigenvalue weighted by Crippen LogP contribution is -2.33. The average molecular weight is 434 g/mol. The smallest absolute Gasteiger partial charge is 0.187 e. The third-order valence-electron chi connectivity index (χ3n) is 5.42. The summed E-state index contributed by atoms with van der Waals surface area (Å²) in [5.41, 5.74) is 2.60. The third kappa shape index (κ3) is 3.69. The third-order valence-corrected chi connectivity index (χ3v) is 5.42. The minimum Gasteiger partial charge on any atom is -0.394 e. The van der Waals surface area contributed by atoms with Gasteiger partial charge in [0.05, 0.1) is 6.61 Å². The molecule has 32 heavy (non-hydrogen) atoms. The molecule has 10 nitrogen and oxygen atoms in total. The highest BCUT2D eigenvalue weighted by Crippen LogP contribution is 2.32. The Kier molecular flexibility index (Phi) is 5.50. The Morgan fingerprint density at radius 1 is 0.938 bits per heavy atom. The van der Waals surface area contributed by atoms with Gasteiger partial charge in [0, 0.05) is 12.1 Å². The van der Waals surface area contributed by atoms with E-state index in [-0.39, 0.29) is 0 Å². The van der Waals surface area contributed by atoms with Crippen molar-refractivity contribution < 1.29 is 20.1 Å². The molecular weight excluding hydrogens is 412 g/mol. The number of anilines is 1. The summed E-state index contributed by atoms with van der Waals surface area (Å²) in [6, 6.07) is 19.3. The van der Waals surface area contributed by atoms with Crippen molar-refractivity contribution in [1.82, 2.24) is 25.0 Å². The van der Waals surface area contributed by atoms with Gasteiger partial charge in [0.1, 0.15) is 18.3 Å². The van der Waals surface area contributed by atoms with Crippen molar-refractivity contribution in [2.75, 3.05) is 11.9 Å². The molecule has 4 N–H and O–H groups in total. The molecule has 0 saturated carbocycles. The number of aliphatic hydroxyl groups excluding tert-OH is 3. The lowest BCUT2D eigenvalue weighted by molar-refractivity contribution is -0.0574. The van der Waals surface area contributed by atoms with Crippen LogP contribution >= 0.6 is 0 Å². The number of ether oxygens (including phenoxy) is 1. The molecule has 0 bridgehead atoms. The summed E-state index contributed by atoms with van der Waals surface area (Å²) in [7, 11) is 0. The number of rotatable bonds is 6. The summed E-state index contributed by atoms with van der Waals surface area (Å²) < 4.78 is 6.95. The van der Waals surface area contributed by atoms with Crippen LogP contribution < -0.4 is 5.32 Å². The molecule has 4 atom stereocenters. The van der Waals surface area contributed by atoms with Crippen molar-refractivity contribution in [3.05, 3.63) is 66.2 Å². The van der Waals surface area contributed by atoms with E-state index in [2.05, 4.69) is 25.6 Å². The fourth-order valence-corrected chi connectivity index (χ4v) is 3.70. The van der Waals surface area contributed by atoms with Crippen LogP contribution in [0.5, 0.6) is 0 Å². The summed E-state index contributed by atoms with van der Waals surface area (Å²) in [6.45, 7) is 0.0807. The Labute approximate surface area is 183 Å². The Morgan fingerprint density at radius 3 is 2.34 bits per heavy atom. The van der Waals surface area contributed by atoms with Crippen molar-refractivity contribution in [3.63, 3.8) is 0 Å². The minimum atomic E-state index is -1.30. The van der Waals surface area contributed by atoms with Crippen LogP contribution in [0.2, 0.25) is 0 Å². The fourth-order valence-electron chi connectivity index (χ4n) is 3.70. The summed E-state index contributed by atoms with van der Waals surface area (Å²) in [5.74, 6) is 0.930. The summed E-state index contributed by atoms with van der Waals surface area (Å²) in [6.07, 6.45) is -4.53. The van der Waals surface area contributed by atoms with Crippen molar-refractivity contribution in [2.45, 2.75) is 31.1 Å². The second-order valence-corrected chi connectivity index (χ2v) is 7.54. The van der Waals surface area contributed by atoms with Gasteiger partial charge in [-0.15, -0.1) is 5.10 Å². The Balaban J connectivity index is 1.58. The molecule has 0 unspecified atom stereocenters. The zero-order valence-electron chi connectivity index (χ0n) is 17.0. The van der Waals surface area contributed by atoms with E-state index in [1.165, 1.54) is 4.68 Å². The van der Waals surface area contributed by atoms with E-state index in [1.807, 2.05) is 60.7 Å². The maximum Gasteiger partial charge on any atom is 0.187 e. The normalized spacial score (nSPS) is 23.0. The molecule has 5 rings (SSSR count). The van der Waals surface area contributed by atoms with Gasteiger partial charge in [0.25, 0.3) is 0 Å². The number of aromatic nitrogens is 5. The highest BCUT2D eigenvalue weighted by atomic mass is 16.6. The van der Waals surface area contributed by atoms with Crippen LogP contribution in [-0.4, -0.2) is 65.2 Å². The van der Waals surface area contributed by atoms with Crippen molar-refractivity contribution in [2.24, 2.45) is 0 Å². The molecule has 2 aromatic heterocycles. The largest absolute Gasteiger partial charge is 0.394 e. The predicted molar refractivity (Wildman–Crippen MR) is 115 cm³/mol. The van der Waals surface area contributed by atoms with E-state index in [0.29, 0.717) is 29.4 Å². The van der Waals surface area contributed by atoms with Gasteiger partial charge in [-0.2, -0.15) is 4.68 Å². The van der Waals surface area contributed by atoms with Crippen molar-refractivity contribution >= 4 is 17.0 Å². The number of hydrogen-bond donors (Lipinski definition) is 4. The van der Waals surface area contributed by atoms with E-state index in [9.17, 15) is 15.3 Å².